The number of ether oxygens (including phenoxy) is 2. The predicted molar refractivity (Wildman–Crippen MR) is 88.8 cm³/mol. The number of hydrogen-bond donors (Lipinski definition) is 0. The SMILES string of the molecule is CCC(CC)N1CCN(C(=O)Cc2ccc3c(c2)OCO3)CC1. The lowest BCUT2D eigenvalue weighted by Crippen LogP contribution is -2.52. The first-order valence-corrected chi connectivity index (χ1v) is 8.61. The topological polar surface area (TPSA) is 42.0 Å². The van der Waals surface area contributed by atoms with Crippen molar-refractivity contribution >= 4 is 5.91 Å². The molecule has 3 rings (SSSR count). The van der Waals surface area contributed by atoms with E-state index in [1.54, 1.807) is 0 Å². The Kier molecular flexibility index (Phi) is 5.06. The average Bonchev–Trinajstić information content (AvgIpc) is 3.04. The molecule has 1 saturated heterocycles. The van der Waals surface area contributed by atoms with Crippen LogP contribution in [0.25, 0.3) is 0 Å². The molecule has 1 fully saturated rings. The van der Waals surface area contributed by atoms with Crippen molar-refractivity contribution in [1.29, 1.82) is 0 Å². The molecule has 2 aliphatic heterocycles. The van der Waals surface area contributed by atoms with Gasteiger partial charge in [-0.15, -0.1) is 0 Å². The molecule has 1 aromatic carbocycles. The van der Waals surface area contributed by atoms with Gasteiger partial charge >= 0.3 is 0 Å². The fraction of sp³-hybridized carbons (Fsp3) is 0.611. The van der Waals surface area contributed by atoms with Gasteiger partial charge in [0, 0.05) is 32.2 Å². The Morgan fingerprint density at radius 2 is 1.78 bits per heavy atom. The minimum absolute atomic E-state index is 0.202. The second kappa shape index (κ2) is 7.21. The Hall–Kier alpha value is -1.75. The first-order valence-electron chi connectivity index (χ1n) is 8.61. The van der Waals surface area contributed by atoms with E-state index < -0.39 is 0 Å². The Morgan fingerprint density at radius 3 is 2.48 bits per heavy atom. The smallest absolute Gasteiger partial charge is 0.231 e. The normalized spacial score (nSPS) is 17.8. The summed E-state index contributed by atoms with van der Waals surface area (Å²) in [6, 6.07) is 6.41. The zero-order chi connectivity index (χ0) is 16.2. The number of amides is 1. The van der Waals surface area contributed by atoms with E-state index in [9.17, 15) is 4.79 Å². The van der Waals surface area contributed by atoms with Gasteiger partial charge in [0.2, 0.25) is 12.7 Å². The van der Waals surface area contributed by atoms with Gasteiger partial charge in [0.1, 0.15) is 0 Å². The van der Waals surface area contributed by atoms with Crippen LogP contribution in [-0.4, -0.2) is 54.7 Å². The first-order chi connectivity index (χ1) is 11.2. The number of piperazine rings is 1. The quantitative estimate of drug-likeness (QED) is 0.835. The summed E-state index contributed by atoms with van der Waals surface area (Å²) in [6.45, 7) is 8.39. The highest BCUT2D eigenvalue weighted by atomic mass is 16.7. The van der Waals surface area contributed by atoms with Gasteiger partial charge in [-0.05, 0) is 30.5 Å². The highest BCUT2D eigenvalue weighted by molar-refractivity contribution is 5.79. The molecule has 0 aliphatic carbocycles. The van der Waals surface area contributed by atoms with Crippen molar-refractivity contribution in [2.75, 3.05) is 33.0 Å². The molecule has 23 heavy (non-hydrogen) atoms. The molecule has 0 aromatic heterocycles. The van der Waals surface area contributed by atoms with Crippen molar-refractivity contribution in [1.82, 2.24) is 9.80 Å². The molecule has 0 bridgehead atoms. The molecule has 2 aliphatic rings. The van der Waals surface area contributed by atoms with Gasteiger partial charge in [0.25, 0.3) is 0 Å². The van der Waals surface area contributed by atoms with Gasteiger partial charge in [-0.25, -0.2) is 0 Å². The molecule has 0 saturated carbocycles. The number of nitrogens with zero attached hydrogens (tertiary/aromatic N) is 2. The van der Waals surface area contributed by atoms with Crippen molar-refractivity contribution in [2.45, 2.75) is 39.2 Å². The van der Waals surface area contributed by atoms with Crippen molar-refractivity contribution in [3.63, 3.8) is 0 Å². The third-order valence-electron chi connectivity index (χ3n) is 4.92. The molecule has 0 spiro atoms. The van der Waals surface area contributed by atoms with Gasteiger partial charge in [-0.2, -0.15) is 0 Å². The summed E-state index contributed by atoms with van der Waals surface area (Å²) in [5.74, 6) is 1.71. The van der Waals surface area contributed by atoms with Gasteiger partial charge in [0.05, 0.1) is 6.42 Å². The van der Waals surface area contributed by atoms with Crippen LogP contribution in [0.2, 0.25) is 0 Å². The molecule has 5 heteroatoms. The first kappa shape index (κ1) is 16.1. The third-order valence-corrected chi connectivity index (χ3v) is 4.92. The van der Waals surface area contributed by atoms with Crippen LogP contribution in [0.15, 0.2) is 18.2 Å². The van der Waals surface area contributed by atoms with Crippen LogP contribution >= 0.6 is 0 Å². The largest absolute Gasteiger partial charge is 0.454 e. The van der Waals surface area contributed by atoms with Crippen LogP contribution in [0.5, 0.6) is 11.5 Å². The van der Waals surface area contributed by atoms with E-state index >= 15 is 0 Å². The molecule has 1 aromatic rings. The molecule has 1 amide bonds. The molecule has 2 heterocycles. The van der Waals surface area contributed by atoms with Gasteiger partial charge in [-0.1, -0.05) is 19.9 Å². The van der Waals surface area contributed by atoms with Crippen molar-refractivity contribution in [2.24, 2.45) is 0 Å². The van der Waals surface area contributed by atoms with E-state index in [1.165, 1.54) is 12.8 Å². The third kappa shape index (κ3) is 3.61. The van der Waals surface area contributed by atoms with E-state index in [2.05, 4.69) is 18.7 Å². The van der Waals surface area contributed by atoms with Gasteiger partial charge in [0.15, 0.2) is 11.5 Å². The molecular weight excluding hydrogens is 292 g/mol. The molecule has 0 atom stereocenters. The van der Waals surface area contributed by atoms with Crippen LogP contribution in [-0.2, 0) is 11.2 Å². The van der Waals surface area contributed by atoms with Gasteiger partial charge in [-0.3, -0.25) is 9.69 Å². The second-order valence-corrected chi connectivity index (χ2v) is 6.25. The lowest BCUT2D eigenvalue weighted by molar-refractivity contribution is -0.132. The fourth-order valence-electron chi connectivity index (χ4n) is 3.48. The minimum atomic E-state index is 0.202. The Bertz CT molecular complexity index is 549. The Balaban J connectivity index is 1.53. The van der Waals surface area contributed by atoms with Gasteiger partial charge < -0.3 is 14.4 Å². The average molecular weight is 318 g/mol. The van der Waals surface area contributed by atoms with Crippen LogP contribution in [0, 0.1) is 0 Å². The zero-order valence-corrected chi connectivity index (χ0v) is 14.1. The van der Waals surface area contributed by atoms with E-state index in [0.717, 1.165) is 43.2 Å². The molecule has 0 radical (unpaired) electrons. The number of fused-ring (bicyclic) bond motifs is 1. The highest BCUT2D eigenvalue weighted by Gasteiger charge is 2.24. The van der Waals surface area contributed by atoms with Crippen molar-refractivity contribution < 1.29 is 14.3 Å². The molecule has 5 nitrogen and oxygen atoms in total. The van der Waals surface area contributed by atoms with E-state index in [4.69, 9.17) is 9.47 Å². The summed E-state index contributed by atoms with van der Waals surface area (Å²) in [4.78, 5) is 17.0. The summed E-state index contributed by atoms with van der Waals surface area (Å²) < 4.78 is 10.7. The monoisotopic (exact) mass is 318 g/mol. The number of hydrogen-bond acceptors (Lipinski definition) is 4. The number of carbonyl (C=O) groups is 1. The lowest BCUT2D eigenvalue weighted by atomic mass is 10.1. The molecule has 126 valence electrons. The maximum absolute atomic E-state index is 12.5. The summed E-state index contributed by atoms with van der Waals surface area (Å²) in [6.07, 6.45) is 2.80. The number of benzene rings is 1. The van der Waals surface area contributed by atoms with Crippen LogP contribution in [0.3, 0.4) is 0 Å². The Labute approximate surface area is 138 Å². The number of rotatable bonds is 5. The molecule has 0 unspecified atom stereocenters. The molecule has 0 N–H and O–H groups in total. The summed E-state index contributed by atoms with van der Waals surface area (Å²) in [5.41, 5.74) is 0.988. The number of carbonyl (C=O) groups excluding carboxylic acids is 1. The van der Waals surface area contributed by atoms with Crippen LogP contribution in [0.4, 0.5) is 0 Å². The van der Waals surface area contributed by atoms with Crippen LogP contribution in [0.1, 0.15) is 32.3 Å². The Morgan fingerprint density at radius 1 is 1.09 bits per heavy atom. The van der Waals surface area contributed by atoms with E-state index in [0.29, 0.717) is 12.5 Å². The summed E-state index contributed by atoms with van der Waals surface area (Å²) >= 11 is 0. The fourth-order valence-corrected chi connectivity index (χ4v) is 3.48. The standard InChI is InChI=1S/C18H26N2O3/c1-3-15(4-2)19-7-9-20(10-8-19)18(21)12-14-5-6-16-17(11-14)23-13-22-16/h5-6,11,15H,3-4,7-10,12-13H2,1-2H3. The summed E-state index contributed by atoms with van der Waals surface area (Å²) in [5, 5.41) is 0. The zero-order valence-electron chi connectivity index (χ0n) is 14.1. The predicted octanol–water partition coefficient (Wildman–Crippen LogP) is 2.29. The van der Waals surface area contributed by atoms with Crippen LogP contribution < -0.4 is 9.47 Å². The van der Waals surface area contributed by atoms with Crippen molar-refractivity contribution in [3.05, 3.63) is 23.8 Å². The highest BCUT2D eigenvalue weighted by Crippen LogP contribution is 2.32. The maximum Gasteiger partial charge on any atom is 0.231 e. The summed E-state index contributed by atoms with van der Waals surface area (Å²) in [7, 11) is 0. The van der Waals surface area contributed by atoms with Crippen molar-refractivity contribution in [3.8, 4) is 11.5 Å². The molecular formula is C18H26N2O3. The van der Waals surface area contributed by atoms with E-state index in [-0.39, 0.29) is 12.7 Å². The minimum Gasteiger partial charge on any atom is -0.454 e. The van der Waals surface area contributed by atoms with E-state index in [1.807, 2.05) is 23.1 Å². The lowest BCUT2D eigenvalue weighted by Gasteiger charge is -2.39. The second-order valence-electron chi connectivity index (χ2n) is 6.25. The maximum atomic E-state index is 12.5.